The predicted molar refractivity (Wildman–Crippen MR) is 130 cm³/mol. The van der Waals surface area contributed by atoms with E-state index in [4.69, 9.17) is 4.74 Å². The van der Waals surface area contributed by atoms with Crippen LogP contribution in [-0.2, 0) is 20.9 Å². The molecule has 9 heteroatoms. The smallest absolute Gasteiger partial charge is 0.328 e. The first-order valence-corrected chi connectivity index (χ1v) is 12.0. The van der Waals surface area contributed by atoms with Crippen LogP contribution in [0.1, 0.15) is 23.1 Å². The Morgan fingerprint density at radius 3 is 2.49 bits per heavy atom. The van der Waals surface area contributed by atoms with Crippen LogP contribution in [-0.4, -0.2) is 77.8 Å². The standard InChI is InChI=1S/C26H31N5O4/c1-17-12-18(2)14-20(13-17)29-10-7-11-30-22-23(27-25(29)30)28(3)26(34)31(24(22)33)15-21(32)35-16-19-8-5-4-6-9-19/h4-6,8-9,12-14,22-23,25,27H,7,10-11,15-16H2,1-3H3. The molecule has 3 aliphatic heterocycles. The lowest BCUT2D eigenvalue weighted by Crippen LogP contribution is -2.67. The molecule has 3 heterocycles. The quantitative estimate of drug-likeness (QED) is 0.660. The van der Waals surface area contributed by atoms with E-state index >= 15 is 0 Å². The number of likely N-dealkylation sites (N-methyl/N-ethyl adjacent to an activating group) is 1. The van der Waals surface area contributed by atoms with Crippen molar-refractivity contribution in [2.24, 2.45) is 0 Å². The van der Waals surface area contributed by atoms with Gasteiger partial charge < -0.3 is 14.5 Å². The third kappa shape index (κ3) is 4.37. The van der Waals surface area contributed by atoms with Gasteiger partial charge in [-0.2, -0.15) is 0 Å². The van der Waals surface area contributed by atoms with Crippen molar-refractivity contribution in [2.75, 3.05) is 31.6 Å². The highest BCUT2D eigenvalue weighted by molar-refractivity contribution is 6.02. The summed E-state index contributed by atoms with van der Waals surface area (Å²) >= 11 is 0. The third-order valence-corrected chi connectivity index (χ3v) is 6.94. The van der Waals surface area contributed by atoms with Gasteiger partial charge in [0.15, 0.2) is 0 Å². The summed E-state index contributed by atoms with van der Waals surface area (Å²) in [5.41, 5.74) is 4.29. The monoisotopic (exact) mass is 477 g/mol. The average molecular weight is 478 g/mol. The molecule has 3 unspecified atom stereocenters. The minimum Gasteiger partial charge on any atom is -0.459 e. The maximum absolute atomic E-state index is 13.5. The number of urea groups is 1. The van der Waals surface area contributed by atoms with E-state index in [1.165, 1.54) is 16.0 Å². The molecule has 3 amide bonds. The van der Waals surface area contributed by atoms with E-state index in [2.05, 4.69) is 47.2 Å². The molecule has 35 heavy (non-hydrogen) atoms. The molecule has 0 aliphatic carbocycles. The second-order valence-electron chi connectivity index (χ2n) is 9.52. The maximum atomic E-state index is 13.5. The zero-order valence-electron chi connectivity index (χ0n) is 20.3. The predicted octanol–water partition coefficient (Wildman–Crippen LogP) is 2.03. The van der Waals surface area contributed by atoms with Crippen LogP contribution in [0.25, 0.3) is 0 Å². The van der Waals surface area contributed by atoms with E-state index < -0.39 is 30.8 Å². The van der Waals surface area contributed by atoms with Crippen molar-refractivity contribution < 1.29 is 19.1 Å². The molecule has 2 aromatic rings. The summed E-state index contributed by atoms with van der Waals surface area (Å²) in [6.07, 6.45) is 0.200. The summed E-state index contributed by atoms with van der Waals surface area (Å²) < 4.78 is 5.34. The number of hydrogen-bond donors (Lipinski definition) is 1. The minimum atomic E-state index is -0.611. The molecule has 3 fully saturated rings. The normalized spacial score (nSPS) is 24.4. The van der Waals surface area contributed by atoms with Crippen LogP contribution in [0, 0.1) is 13.8 Å². The van der Waals surface area contributed by atoms with Crippen LogP contribution in [0.15, 0.2) is 48.5 Å². The Balaban J connectivity index is 1.33. The van der Waals surface area contributed by atoms with Gasteiger partial charge >= 0.3 is 12.0 Å². The Morgan fingerprint density at radius 2 is 1.77 bits per heavy atom. The number of ether oxygens (including phenoxy) is 1. The second kappa shape index (κ2) is 9.31. The summed E-state index contributed by atoms with van der Waals surface area (Å²) in [6.45, 7) is 5.41. The Hall–Kier alpha value is -3.43. The van der Waals surface area contributed by atoms with Crippen molar-refractivity contribution in [3.8, 4) is 0 Å². The molecule has 0 aromatic heterocycles. The molecule has 0 radical (unpaired) electrons. The lowest BCUT2D eigenvalue weighted by molar-refractivity contribution is -0.152. The van der Waals surface area contributed by atoms with Crippen LogP contribution >= 0.6 is 0 Å². The number of nitrogens with zero attached hydrogens (tertiary/aromatic N) is 4. The van der Waals surface area contributed by atoms with E-state index in [9.17, 15) is 14.4 Å². The fourth-order valence-electron chi connectivity index (χ4n) is 5.36. The number of anilines is 1. The van der Waals surface area contributed by atoms with Crippen molar-refractivity contribution in [3.05, 3.63) is 65.2 Å². The van der Waals surface area contributed by atoms with Crippen molar-refractivity contribution in [2.45, 2.75) is 45.4 Å². The Labute approximate surface area is 205 Å². The first-order chi connectivity index (χ1) is 16.8. The Bertz CT molecular complexity index is 1120. The maximum Gasteiger partial charge on any atom is 0.328 e. The van der Waals surface area contributed by atoms with Gasteiger partial charge in [-0.1, -0.05) is 36.4 Å². The molecule has 3 atom stereocenters. The summed E-state index contributed by atoms with van der Waals surface area (Å²) in [7, 11) is 1.67. The number of rotatable bonds is 5. The average Bonchev–Trinajstić information content (AvgIpc) is 3.24. The highest BCUT2D eigenvalue weighted by Gasteiger charge is 2.56. The highest BCUT2D eigenvalue weighted by atomic mass is 16.5. The first-order valence-electron chi connectivity index (χ1n) is 12.0. The largest absolute Gasteiger partial charge is 0.459 e. The molecule has 0 saturated carbocycles. The second-order valence-corrected chi connectivity index (χ2v) is 9.52. The summed E-state index contributed by atoms with van der Waals surface area (Å²) in [5, 5.41) is 3.51. The van der Waals surface area contributed by atoms with Gasteiger partial charge in [0.05, 0.1) is 0 Å². The first kappa shape index (κ1) is 23.3. The van der Waals surface area contributed by atoms with Crippen LogP contribution in [0.2, 0.25) is 0 Å². The fraction of sp³-hybridized carbons (Fsp3) is 0.423. The molecule has 2 aromatic carbocycles. The third-order valence-electron chi connectivity index (χ3n) is 6.94. The van der Waals surface area contributed by atoms with Gasteiger partial charge in [-0.25, -0.2) is 4.79 Å². The van der Waals surface area contributed by atoms with Gasteiger partial charge in [0.25, 0.3) is 5.91 Å². The number of benzene rings is 2. The number of aryl methyl sites for hydroxylation is 2. The molecular weight excluding hydrogens is 446 g/mol. The van der Waals surface area contributed by atoms with E-state index in [1.54, 1.807) is 7.05 Å². The van der Waals surface area contributed by atoms with Crippen molar-refractivity contribution in [1.29, 1.82) is 0 Å². The molecule has 1 N–H and O–H groups in total. The van der Waals surface area contributed by atoms with E-state index in [0.717, 1.165) is 35.7 Å². The Kier molecular flexibility index (Phi) is 6.21. The van der Waals surface area contributed by atoms with E-state index in [1.807, 2.05) is 30.3 Å². The van der Waals surface area contributed by atoms with Gasteiger partial charge in [-0.05, 0) is 49.1 Å². The molecule has 184 valence electrons. The van der Waals surface area contributed by atoms with Crippen LogP contribution in [0.4, 0.5) is 10.5 Å². The zero-order chi connectivity index (χ0) is 24.7. The molecule has 0 spiro atoms. The molecule has 0 bridgehead atoms. The number of amides is 3. The Morgan fingerprint density at radius 1 is 1.06 bits per heavy atom. The number of carbonyl (C=O) groups is 3. The van der Waals surface area contributed by atoms with Gasteiger partial charge in [-0.3, -0.25) is 24.7 Å². The lowest BCUT2D eigenvalue weighted by atomic mass is 10.1. The number of nitrogens with one attached hydrogen (secondary N) is 1. The number of imide groups is 1. The molecule has 3 saturated heterocycles. The summed E-state index contributed by atoms with van der Waals surface area (Å²) in [6, 6.07) is 14.7. The van der Waals surface area contributed by atoms with Crippen LogP contribution in [0.3, 0.4) is 0 Å². The van der Waals surface area contributed by atoms with Crippen LogP contribution in [0.5, 0.6) is 0 Å². The van der Waals surface area contributed by atoms with Crippen molar-refractivity contribution >= 4 is 23.6 Å². The fourth-order valence-corrected chi connectivity index (χ4v) is 5.36. The van der Waals surface area contributed by atoms with Gasteiger partial charge in [0.1, 0.15) is 31.6 Å². The minimum absolute atomic E-state index is 0.0956. The van der Waals surface area contributed by atoms with E-state index in [0.29, 0.717) is 0 Å². The van der Waals surface area contributed by atoms with Gasteiger partial charge in [-0.15, -0.1) is 0 Å². The zero-order valence-corrected chi connectivity index (χ0v) is 20.3. The SMILES string of the molecule is Cc1cc(C)cc(N2CCCN3C4C(=O)N(CC(=O)OCc5ccccc5)C(=O)N(C)C4NC23)c1. The summed E-state index contributed by atoms with van der Waals surface area (Å²) in [5.74, 6) is -0.979. The van der Waals surface area contributed by atoms with Gasteiger partial charge in [0.2, 0.25) is 0 Å². The summed E-state index contributed by atoms with van der Waals surface area (Å²) in [4.78, 5) is 46.1. The highest BCUT2D eigenvalue weighted by Crippen LogP contribution is 2.33. The number of esters is 1. The molecular formula is C26H31N5O4. The molecule has 3 aliphatic rings. The lowest BCUT2D eigenvalue weighted by Gasteiger charge is -2.43. The van der Waals surface area contributed by atoms with Crippen LogP contribution < -0.4 is 10.2 Å². The topological polar surface area (TPSA) is 85.4 Å². The molecule has 5 rings (SSSR count). The number of fused-ring (bicyclic) bond motifs is 3. The van der Waals surface area contributed by atoms with Crippen molar-refractivity contribution in [3.63, 3.8) is 0 Å². The molecule has 9 nitrogen and oxygen atoms in total. The van der Waals surface area contributed by atoms with Crippen molar-refractivity contribution in [1.82, 2.24) is 20.0 Å². The van der Waals surface area contributed by atoms with Gasteiger partial charge in [0, 0.05) is 25.8 Å². The number of carbonyl (C=O) groups excluding carboxylic acids is 3. The van der Waals surface area contributed by atoms with E-state index in [-0.39, 0.29) is 18.8 Å². The number of hydrogen-bond acceptors (Lipinski definition) is 7.